The molecule has 2 rings (SSSR count). The Labute approximate surface area is 136 Å². The van der Waals surface area contributed by atoms with Crippen LogP contribution in [0.5, 0.6) is 11.5 Å². The highest BCUT2D eigenvalue weighted by Gasteiger charge is 2.12. The molecule has 0 heterocycles. The van der Waals surface area contributed by atoms with Gasteiger partial charge >= 0.3 is 0 Å². The van der Waals surface area contributed by atoms with E-state index in [1.807, 2.05) is 0 Å². The van der Waals surface area contributed by atoms with Crippen molar-refractivity contribution >= 4 is 33.2 Å². The molecule has 112 valence electrons. The molecule has 0 saturated carbocycles. The Hall–Kier alpha value is -1.46. The van der Waals surface area contributed by atoms with Crippen molar-refractivity contribution in [2.24, 2.45) is 0 Å². The smallest absolute Gasteiger partial charge is 0.179 e. The second kappa shape index (κ2) is 7.00. The Balaban J connectivity index is 2.23. The highest BCUT2D eigenvalue weighted by Crippen LogP contribution is 2.36. The highest BCUT2D eigenvalue weighted by molar-refractivity contribution is 9.10. The maximum Gasteiger partial charge on any atom is 0.179 e. The fourth-order valence-corrected chi connectivity index (χ4v) is 2.72. The first kappa shape index (κ1) is 15.9. The van der Waals surface area contributed by atoms with E-state index >= 15 is 0 Å². The minimum absolute atomic E-state index is 0.323. The van der Waals surface area contributed by atoms with E-state index in [2.05, 4.69) is 21.2 Å². The zero-order valence-corrected chi connectivity index (χ0v) is 13.9. The van der Waals surface area contributed by atoms with E-state index in [9.17, 15) is 4.39 Å². The summed E-state index contributed by atoms with van der Waals surface area (Å²) >= 11 is 9.45. The lowest BCUT2D eigenvalue weighted by Gasteiger charge is -2.13. The summed E-state index contributed by atoms with van der Waals surface area (Å²) in [5, 5.41) is 3.48. The molecule has 1 N–H and O–H groups in total. The molecule has 0 spiro atoms. The Bertz CT molecular complexity index is 632. The molecule has 0 radical (unpaired) electrons. The Kier molecular flexibility index (Phi) is 5.31. The second-order valence-corrected chi connectivity index (χ2v) is 5.52. The van der Waals surface area contributed by atoms with Gasteiger partial charge in [0.15, 0.2) is 11.5 Å². The average molecular weight is 375 g/mol. The minimum atomic E-state index is -0.323. The van der Waals surface area contributed by atoms with E-state index in [0.717, 1.165) is 5.56 Å². The molecular formula is C15H14BrClFNO2. The molecule has 0 unspecified atom stereocenters. The van der Waals surface area contributed by atoms with Gasteiger partial charge in [0, 0.05) is 11.0 Å². The lowest BCUT2D eigenvalue weighted by molar-refractivity contribution is 0.355. The van der Waals surface area contributed by atoms with Gasteiger partial charge in [0.2, 0.25) is 0 Å². The summed E-state index contributed by atoms with van der Waals surface area (Å²) in [7, 11) is 3.07. The Morgan fingerprint density at radius 2 is 2.00 bits per heavy atom. The molecule has 0 amide bonds. The van der Waals surface area contributed by atoms with Crippen molar-refractivity contribution in [3.05, 3.63) is 51.2 Å². The van der Waals surface area contributed by atoms with Crippen LogP contribution >= 0.6 is 27.5 Å². The number of halogens is 3. The van der Waals surface area contributed by atoms with Crippen molar-refractivity contribution in [3.8, 4) is 11.5 Å². The number of rotatable bonds is 5. The first-order chi connectivity index (χ1) is 10.1. The van der Waals surface area contributed by atoms with Gasteiger partial charge in [-0.05, 0) is 45.8 Å². The van der Waals surface area contributed by atoms with Crippen molar-refractivity contribution in [2.75, 3.05) is 19.5 Å². The number of hydrogen-bond acceptors (Lipinski definition) is 3. The van der Waals surface area contributed by atoms with Crippen molar-refractivity contribution < 1.29 is 13.9 Å². The summed E-state index contributed by atoms with van der Waals surface area (Å²) in [5.41, 5.74) is 1.26. The first-order valence-corrected chi connectivity index (χ1v) is 7.32. The number of ether oxygens (including phenoxy) is 2. The molecule has 0 saturated heterocycles. The van der Waals surface area contributed by atoms with Crippen molar-refractivity contribution in [2.45, 2.75) is 6.54 Å². The molecule has 0 bridgehead atoms. The number of methoxy groups -OCH3 is 2. The van der Waals surface area contributed by atoms with Crippen LogP contribution in [0.25, 0.3) is 0 Å². The first-order valence-electron chi connectivity index (χ1n) is 6.15. The van der Waals surface area contributed by atoms with E-state index in [-0.39, 0.29) is 5.82 Å². The van der Waals surface area contributed by atoms with Crippen LogP contribution in [0, 0.1) is 5.82 Å². The van der Waals surface area contributed by atoms with Crippen LogP contribution in [0.1, 0.15) is 5.56 Å². The van der Waals surface area contributed by atoms with E-state index < -0.39 is 0 Å². The number of nitrogens with one attached hydrogen (secondary N) is 1. The molecule has 0 atom stereocenters. The largest absolute Gasteiger partial charge is 0.493 e. The lowest BCUT2D eigenvalue weighted by Crippen LogP contribution is -2.03. The zero-order chi connectivity index (χ0) is 15.4. The zero-order valence-electron chi connectivity index (χ0n) is 11.5. The quantitative estimate of drug-likeness (QED) is 0.810. The normalized spacial score (nSPS) is 10.3. The Morgan fingerprint density at radius 1 is 1.24 bits per heavy atom. The van der Waals surface area contributed by atoms with Gasteiger partial charge in [-0.25, -0.2) is 4.39 Å². The highest BCUT2D eigenvalue weighted by atomic mass is 79.9. The monoisotopic (exact) mass is 373 g/mol. The van der Waals surface area contributed by atoms with Gasteiger partial charge in [-0.15, -0.1) is 0 Å². The predicted octanol–water partition coefficient (Wildman–Crippen LogP) is 4.87. The summed E-state index contributed by atoms with van der Waals surface area (Å²) in [6.07, 6.45) is 0. The van der Waals surface area contributed by atoms with Gasteiger partial charge in [0.05, 0.1) is 24.9 Å². The summed E-state index contributed by atoms with van der Waals surface area (Å²) in [4.78, 5) is 0. The fraction of sp³-hybridized carbons (Fsp3) is 0.200. The van der Waals surface area contributed by atoms with Gasteiger partial charge in [-0.3, -0.25) is 0 Å². The number of anilines is 1. The third-order valence-corrected chi connectivity index (χ3v) is 3.87. The molecule has 0 aliphatic rings. The van der Waals surface area contributed by atoms with Gasteiger partial charge < -0.3 is 14.8 Å². The third-order valence-electron chi connectivity index (χ3n) is 2.93. The van der Waals surface area contributed by atoms with Gasteiger partial charge in [-0.1, -0.05) is 17.7 Å². The second-order valence-electron chi connectivity index (χ2n) is 4.26. The fourth-order valence-electron chi connectivity index (χ4n) is 1.93. The van der Waals surface area contributed by atoms with E-state index in [1.165, 1.54) is 13.2 Å². The summed E-state index contributed by atoms with van der Waals surface area (Å²) in [6, 6.07) is 8.36. The van der Waals surface area contributed by atoms with Crippen molar-refractivity contribution in [3.63, 3.8) is 0 Å². The Morgan fingerprint density at radius 3 is 2.62 bits per heavy atom. The van der Waals surface area contributed by atoms with E-state index in [1.54, 1.807) is 31.4 Å². The molecule has 2 aromatic carbocycles. The minimum Gasteiger partial charge on any atom is -0.493 e. The average Bonchev–Trinajstić information content (AvgIpc) is 2.46. The van der Waals surface area contributed by atoms with Crippen LogP contribution in [-0.2, 0) is 6.54 Å². The maximum absolute atomic E-state index is 13.7. The summed E-state index contributed by atoms with van der Waals surface area (Å²) < 4.78 is 24.8. The lowest BCUT2D eigenvalue weighted by atomic mass is 10.2. The molecule has 0 fully saturated rings. The van der Waals surface area contributed by atoms with Crippen LogP contribution in [-0.4, -0.2) is 14.2 Å². The van der Waals surface area contributed by atoms with Crippen LogP contribution in [0.3, 0.4) is 0 Å². The van der Waals surface area contributed by atoms with Crippen LogP contribution in [0.2, 0.25) is 5.02 Å². The summed E-state index contributed by atoms with van der Waals surface area (Å²) in [5.74, 6) is 0.695. The molecule has 0 aromatic heterocycles. The topological polar surface area (TPSA) is 30.5 Å². The molecule has 3 nitrogen and oxygen atoms in total. The van der Waals surface area contributed by atoms with Crippen molar-refractivity contribution in [1.29, 1.82) is 0 Å². The van der Waals surface area contributed by atoms with Gasteiger partial charge in [0.25, 0.3) is 0 Å². The molecule has 2 aromatic rings. The van der Waals surface area contributed by atoms with Crippen molar-refractivity contribution in [1.82, 2.24) is 0 Å². The number of benzene rings is 2. The van der Waals surface area contributed by atoms with E-state index in [4.69, 9.17) is 21.1 Å². The summed E-state index contributed by atoms with van der Waals surface area (Å²) in [6.45, 7) is 0.402. The molecular weight excluding hydrogens is 361 g/mol. The standard InChI is InChI=1S/C15H14BrClFNO2/c1-20-13-7-9(6-11(17)15(13)21-2)8-19-14-10(16)4-3-5-12(14)18/h3-7,19H,8H2,1-2H3. The third kappa shape index (κ3) is 3.60. The SMILES string of the molecule is COc1cc(CNc2c(F)cccc2Br)cc(Cl)c1OC. The van der Waals surface area contributed by atoms with Crippen LogP contribution < -0.4 is 14.8 Å². The van der Waals surface area contributed by atoms with Gasteiger partial charge in [0.1, 0.15) is 5.82 Å². The molecule has 0 aliphatic carbocycles. The van der Waals surface area contributed by atoms with Crippen LogP contribution in [0.15, 0.2) is 34.8 Å². The van der Waals surface area contributed by atoms with Crippen LogP contribution in [0.4, 0.5) is 10.1 Å². The maximum atomic E-state index is 13.7. The molecule has 0 aliphatic heterocycles. The van der Waals surface area contributed by atoms with Gasteiger partial charge in [-0.2, -0.15) is 0 Å². The number of hydrogen-bond donors (Lipinski definition) is 1. The molecule has 21 heavy (non-hydrogen) atoms. The number of para-hydroxylation sites is 1. The predicted molar refractivity (Wildman–Crippen MR) is 86.0 cm³/mol. The molecule has 6 heteroatoms. The van der Waals surface area contributed by atoms with E-state index in [0.29, 0.717) is 33.2 Å².